The van der Waals surface area contributed by atoms with Gasteiger partial charge < -0.3 is 9.84 Å². The third-order valence-corrected chi connectivity index (χ3v) is 3.10. The van der Waals surface area contributed by atoms with Crippen LogP contribution in [0.3, 0.4) is 0 Å². The Morgan fingerprint density at radius 3 is 2.61 bits per heavy atom. The Kier molecular flexibility index (Phi) is 3.81. The zero-order chi connectivity index (χ0) is 13.1. The summed E-state index contributed by atoms with van der Waals surface area (Å²) in [7, 11) is 0. The highest BCUT2D eigenvalue weighted by Crippen LogP contribution is 2.17. The molecule has 0 saturated heterocycles. The summed E-state index contributed by atoms with van der Waals surface area (Å²) in [5.41, 5.74) is 1.72. The third kappa shape index (κ3) is 2.98. The first-order valence-corrected chi connectivity index (χ1v) is 6.35. The molecule has 2 rings (SSSR count). The molecular formula is C13H13BrN2O2. The second-order valence-electron chi connectivity index (χ2n) is 4.08. The molecule has 0 saturated carbocycles. The molecule has 1 N–H and O–H groups in total. The minimum Gasteiger partial charge on any atom is -0.351 e. The van der Waals surface area contributed by atoms with Crippen molar-refractivity contribution in [2.24, 2.45) is 0 Å². The van der Waals surface area contributed by atoms with E-state index in [9.17, 15) is 4.79 Å². The van der Waals surface area contributed by atoms with Gasteiger partial charge in [0, 0.05) is 10.5 Å². The number of carbonyl (C=O) groups is 1. The van der Waals surface area contributed by atoms with Gasteiger partial charge in [0.15, 0.2) is 0 Å². The molecule has 2 aromatic rings. The van der Waals surface area contributed by atoms with Crippen LogP contribution < -0.4 is 5.32 Å². The first-order valence-electron chi connectivity index (χ1n) is 5.56. The van der Waals surface area contributed by atoms with Crippen molar-refractivity contribution in [3.05, 3.63) is 51.8 Å². The van der Waals surface area contributed by atoms with Gasteiger partial charge in [0.1, 0.15) is 0 Å². The number of hydrogen-bond acceptors (Lipinski definition) is 3. The summed E-state index contributed by atoms with van der Waals surface area (Å²) in [5, 5.41) is 6.54. The number of nitrogens with zero attached hydrogens (tertiary/aromatic N) is 1. The van der Waals surface area contributed by atoms with E-state index in [1.165, 1.54) is 0 Å². The Bertz CT molecular complexity index is 548. The zero-order valence-corrected chi connectivity index (χ0v) is 11.7. The van der Waals surface area contributed by atoms with Gasteiger partial charge in [-0.2, -0.15) is 0 Å². The van der Waals surface area contributed by atoms with Crippen molar-refractivity contribution in [3.63, 3.8) is 0 Å². The van der Waals surface area contributed by atoms with Crippen LogP contribution in [-0.2, 0) is 0 Å². The molecular weight excluding hydrogens is 296 g/mol. The van der Waals surface area contributed by atoms with Crippen LogP contribution in [0, 0.1) is 6.92 Å². The maximum Gasteiger partial charge on any atom is 0.290 e. The molecule has 94 valence electrons. The smallest absolute Gasteiger partial charge is 0.290 e. The number of halogens is 1. The predicted octanol–water partition coefficient (Wildman–Crippen LogP) is 3.24. The first-order chi connectivity index (χ1) is 8.56. The summed E-state index contributed by atoms with van der Waals surface area (Å²) in [6.45, 7) is 3.70. The standard InChI is InChI=1S/C13H13BrN2O2/c1-8-7-12(18-16-8)13(17)15-9(2)10-3-5-11(14)6-4-10/h3-7,9H,1-2H3,(H,15,17)/t9-/m0/s1. The Balaban J connectivity index is 2.05. The summed E-state index contributed by atoms with van der Waals surface area (Å²) in [5.74, 6) is -0.0255. The number of carbonyl (C=O) groups excluding carboxylic acids is 1. The van der Waals surface area contributed by atoms with E-state index in [4.69, 9.17) is 4.52 Å². The molecule has 0 aliphatic carbocycles. The van der Waals surface area contributed by atoms with E-state index in [1.54, 1.807) is 13.0 Å². The molecule has 1 amide bonds. The van der Waals surface area contributed by atoms with Gasteiger partial charge in [0.2, 0.25) is 5.76 Å². The van der Waals surface area contributed by atoms with Crippen LogP contribution in [0.25, 0.3) is 0 Å². The average Bonchev–Trinajstić information content (AvgIpc) is 2.76. The molecule has 0 aliphatic heterocycles. The van der Waals surface area contributed by atoms with Crippen LogP contribution in [0.4, 0.5) is 0 Å². The lowest BCUT2D eigenvalue weighted by Crippen LogP contribution is -2.26. The molecule has 1 atom stereocenters. The molecule has 0 aliphatic rings. The number of nitrogens with one attached hydrogen (secondary N) is 1. The molecule has 1 aromatic heterocycles. The van der Waals surface area contributed by atoms with E-state index >= 15 is 0 Å². The van der Waals surface area contributed by atoms with Crippen molar-refractivity contribution in [2.75, 3.05) is 0 Å². The summed E-state index contributed by atoms with van der Waals surface area (Å²) in [4.78, 5) is 11.9. The molecule has 18 heavy (non-hydrogen) atoms. The molecule has 4 nitrogen and oxygen atoms in total. The van der Waals surface area contributed by atoms with Gasteiger partial charge in [0.05, 0.1) is 11.7 Å². The zero-order valence-electron chi connectivity index (χ0n) is 10.1. The lowest BCUT2D eigenvalue weighted by atomic mass is 10.1. The number of benzene rings is 1. The van der Waals surface area contributed by atoms with Gasteiger partial charge in [0.25, 0.3) is 5.91 Å². The Hall–Kier alpha value is -1.62. The van der Waals surface area contributed by atoms with Crippen LogP contribution in [0.2, 0.25) is 0 Å². The van der Waals surface area contributed by atoms with E-state index in [1.807, 2.05) is 31.2 Å². The van der Waals surface area contributed by atoms with E-state index in [0.717, 1.165) is 10.0 Å². The Morgan fingerprint density at radius 2 is 2.06 bits per heavy atom. The van der Waals surface area contributed by atoms with Gasteiger partial charge in [-0.3, -0.25) is 4.79 Å². The predicted molar refractivity (Wildman–Crippen MR) is 71.3 cm³/mol. The quantitative estimate of drug-likeness (QED) is 0.947. The molecule has 0 fully saturated rings. The highest BCUT2D eigenvalue weighted by molar-refractivity contribution is 9.10. The fourth-order valence-electron chi connectivity index (χ4n) is 1.57. The van der Waals surface area contributed by atoms with Crippen molar-refractivity contribution >= 4 is 21.8 Å². The van der Waals surface area contributed by atoms with Crippen molar-refractivity contribution in [3.8, 4) is 0 Å². The van der Waals surface area contributed by atoms with E-state index in [2.05, 4.69) is 26.4 Å². The topological polar surface area (TPSA) is 55.1 Å². The van der Waals surface area contributed by atoms with E-state index < -0.39 is 0 Å². The normalized spacial score (nSPS) is 12.2. The van der Waals surface area contributed by atoms with Gasteiger partial charge in [-0.05, 0) is 31.5 Å². The fourth-order valence-corrected chi connectivity index (χ4v) is 1.84. The summed E-state index contributed by atoms with van der Waals surface area (Å²) >= 11 is 3.37. The van der Waals surface area contributed by atoms with Crippen molar-refractivity contribution < 1.29 is 9.32 Å². The van der Waals surface area contributed by atoms with Crippen LogP contribution in [0.5, 0.6) is 0 Å². The maximum atomic E-state index is 11.9. The second kappa shape index (κ2) is 5.35. The molecule has 0 radical (unpaired) electrons. The summed E-state index contributed by atoms with van der Waals surface area (Å²) in [6, 6.07) is 9.33. The minimum atomic E-state index is -0.258. The van der Waals surface area contributed by atoms with E-state index in [0.29, 0.717) is 5.69 Å². The SMILES string of the molecule is Cc1cc(C(=O)N[C@@H](C)c2ccc(Br)cc2)on1. The molecule has 5 heteroatoms. The monoisotopic (exact) mass is 308 g/mol. The average molecular weight is 309 g/mol. The highest BCUT2D eigenvalue weighted by Gasteiger charge is 2.15. The van der Waals surface area contributed by atoms with Gasteiger partial charge in [-0.15, -0.1) is 0 Å². The van der Waals surface area contributed by atoms with Crippen molar-refractivity contribution in [2.45, 2.75) is 19.9 Å². The number of amides is 1. The summed E-state index contributed by atoms with van der Waals surface area (Å²) < 4.78 is 5.92. The molecule has 0 bridgehead atoms. The highest BCUT2D eigenvalue weighted by atomic mass is 79.9. The number of aryl methyl sites for hydroxylation is 1. The van der Waals surface area contributed by atoms with Crippen LogP contribution in [0.1, 0.15) is 34.8 Å². The third-order valence-electron chi connectivity index (χ3n) is 2.57. The van der Waals surface area contributed by atoms with E-state index in [-0.39, 0.29) is 17.7 Å². The Morgan fingerprint density at radius 1 is 1.39 bits per heavy atom. The number of hydrogen-bond donors (Lipinski definition) is 1. The summed E-state index contributed by atoms with van der Waals surface area (Å²) in [6.07, 6.45) is 0. The van der Waals surface area contributed by atoms with Gasteiger partial charge in [-0.1, -0.05) is 33.2 Å². The Labute approximate surface area is 113 Å². The van der Waals surface area contributed by atoms with Crippen LogP contribution in [0.15, 0.2) is 39.3 Å². The largest absolute Gasteiger partial charge is 0.351 e. The van der Waals surface area contributed by atoms with Crippen molar-refractivity contribution in [1.29, 1.82) is 0 Å². The molecule has 1 aromatic carbocycles. The van der Waals surface area contributed by atoms with Gasteiger partial charge in [-0.25, -0.2) is 0 Å². The van der Waals surface area contributed by atoms with Crippen LogP contribution in [-0.4, -0.2) is 11.1 Å². The first kappa shape index (κ1) is 12.8. The molecule has 1 heterocycles. The molecule has 0 spiro atoms. The number of aromatic nitrogens is 1. The fraction of sp³-hybridized carbons (Fsp3) is 0.231. The second-order valence-corrected chi connectivity index (χ2v) is 4.99. The molecule has 0 unspecified atom stereocenters. The lowest BCUT2D eigenvalue weighted by molar-refractivity contribution is 0.0902. The maximum absolute atomic E-state index is 11.9. The lowest BCUT2D eigenvalue weighted by Gasteiger charge is -2.13. The van der Waals surface area contributed by atoms with Crippen molar-refractivity contribution in [1.82, 2.24) is 10.5 Å². The number of rotatable bonds is 3. The minimum absolute atomic E-state index is 0.0870. The van der Waals surface area contributed by atoms with Crippen LogP contribution >= 0.6 is 15.9 Å². The van der Waals surface area contributed by atoms with Gasteiger partial charge >= 0.3 is 0 Å².